The van der Waals surface area contributed by atoms with Crippen molar-refractivity contribution in [3.63, 3.8) is 0 Å². The third kappa shape index (κ3) is 1.70. The van der Waals surface area contributed by atoms with Gasteiger partial charge in [-0.25, -0.2) is 0 Å². The zero-order chi connectivity index (χ0) is 10.8. The number of hydrogen-bond acceptors (Lipinski definition) is 6. The molecule has 0 aliphatic rings. The van der Waals surface area contributed by atoms with E-state index in [0.717, 1.165) is 0 Å². The predicted octanol–water partition coefficient (Wildman–Crippen LogP) is 0.227. The molecule has 0 radical (unpaired) electrons. The lowest BCUT2D eigenvalue weighted by Crippen LogP contribution is -1.96. The van der Waals surface area contributed by atoms with E-state index in [-0.39, 0.29) is 6.54 Å². The van der Waals surface area contributed by atoms with E-state index in [1.165, 1.54) is 11.0 Å². The summed E-state index contributed by atoms with van der Waals surface area (Å²) >= 11 is 0. The lowest BCUT2D eigenvalue weighted by atomic mass is 10.5. The number of aromatic nitrogens is 3. The summed E-state index contributed by atoms with van der Waals surface area (Å²) in [5.74, 6) is 0.444. The van der Waals surface area contributed by atoms with Crippen LogP contribution in [0.1, 0.15) is 5.76 Å². The van der Waals surface area contributed by atoms with E-state index in [9.17, 15) is 10.1 Å². The molecule has 15 heavy (non-hydrogen) atoms. The molecule has 0 aliphatic heterocycles. The molecule has 2 aromatic heterocycles. The van der Waals surface area contributed by atoms with Crippen molar-refractivity contribution >= 4 is 5.95 Å². The average molecular weight is 209 g/mol. The van der Waals surface area contributed by atoms with Crippen molar-refractivity contribution in [3.8, 4) is 5.88 Å². The fourth-order valence-electron chi connectivity index (χ4n) is 1.04. The molecular weight excluding hydrogens is 202 g/mol. The Morgan fingerprint density at radius 3 is 2.93 bits per heavy atom. The van der Waals surface area contributed by atoms with E-state index in [2.05, 4.69) is 10.1 Å². The standard InChI is InChI=1S/C7H7N5O3/c8-3-5-1-2-6(15-5)11-4-9-7(10-11)12(13)14/h1-2,4H,3,8H2. The first kappa shape index (κ1) is 9.34. The van der Waals surface area contributed by atoms with Crippen LogP contribution in [0.3, 0.4) is 0 Å². The van der Waals surface area contributed by atoms with Gasteiger partial charge in [0.1, 0.15) is 5.76 Å². The Balaban J connectivity index is 2.32. The number of furan rings is 1. The smallest absolute Gasteiger partial charge is 0.441 e. The van der Waals surface area contributed by atoms with E-state index in [1.54, 1.807) is 12.1 Å². The normalized spacial score (nSPS) is 10.5. The number of nitrogens with two attached hydrogens (primary N) is 1. The monoisotopic (exact) mass is 209 g/mol. The first-order chi connectivity index (χ1) is 7.20. The summed E-state index contributed by atoms with van der Waals surface area (Å²) in [6.45, 7) is 0.261. The van der Waals surface area contributed by atoms with E-state index in [1.807, 2.05) is 0 Å². The van der Waals surface area contributed by atoms with Gasteiger partial charge in [-0.15, -0.1) is 4.68 Å². The molecule has 0 unspecified atom stereocenters. The first-order valence-electron chi connectivity index (χ1n) is 4.06. The summed E-state index contributed by atoms with van der Waals surface area (Å²) in [7, 11) is 0. The van der Waals surface area contributed by atoms with Gasteiger partial charge in [0.25, 0.3) is 0 Å². The van der Waals surface area contributed by atoms with Gasteiger partial charge >= 0.3 is 5.95 Å². The first-order valence-corrected chi connectivity index (χ1v) is 4.06. The fourth-order valence-corrected chi connectivity index (χ4v) is 1.04. The van der Waals surface area contributed by atoms with Crippen molar-refractivity contribution in [2.75, 3.05) is 0 Å². The summed E-state index contributed by atoms with van der Waals surface area (Å²) in [5, 5.41) is 13.9. The third-order valence-corrected chi connectivity index (χ3v) is 1.72. The minimum atomic E-state index is -0.677. The molecule has 0 aromatic carbocycles. The summed E-state index contributed by atoms with van der Waals surface area (Å²) in [4.78, 5) is 13.1. The topological polar surface area (TPSA) is 113 Å². The Labute approximate surface area is 83.5 Å². The van der Waals surface area contributed by atoms with Gasteiger partial charge in [-0.2, -0.15) is 0 Å². The highest BCUT2D eigenvalue weighted by Crippen LogP contribution is 2.12. The molecule has 2 aromatic rings. The van der Waals surface area contributed by atoms with Crippen LogP contribution in [0.5, 0.6) is 0 Å². The number of nitrogens with zero attached hydrogens (tertiary/aromatic N) is 4. The van der Waals surface area contributed by atoms with Crippen molar-refractivity contribution in [1.29, 1.82) is 0 Å². The number of rotatable bonds is 3. The van der Waals surface area contributed by atoms with E-state index in [0.29, 0.717) is 11.6 Å². The van der Waals surface area contributed by atoms with Gasteiger partial charge in [-0.3, -0.25) is 0 Å². The van der Waals surface area contributed by atoms with Crippen LogP contribution in [-0.2, 0) is 6.54 Å². The number of hydrogen-bond donors (Lipinski definition) is 1. The predicted molar refractivity (Wildman–Crippen MR) is 48.2 cm³/mol. The van der Waals surface area contributed by atoms with Crippen LogP contribution in [0.25, 0.3) is 5.88 Å². The van der Waals surface area contributed by atoms with E-state index < -0.39 is 10.9 Å². The van der Waals surface area contributed by atoms with Gasteiger partial charge in [0.05, 0.1) is 6.54 Å². The minimum absolute atomic E-state index is 0.261. The Kier molecular flexibility index (Phi) is 2.18. The minimum Gasteiger partial charge on any atom is -0.441 e. The second-order valence-electron chi connectivity index (χ2n) is 2.69. The molecule has 0 saturated carbocycles. The summed E-state index contributed by atoms with van der Waals surface area (Å²) in [6, 6.07) is 3.28. The van der Waals surface area contributed by atoms with Crippen LogP contribution < -0.4 is 5.73 Å². The van der Waals surface area contributed by atoms with Crippen LogP contribution in [0, 0.1) is 10.1 Å². The molecule has 0 aliphatic carbocycles. The second-order valence-corrected chi connectivity index (χ2v) is 2.69. The number of nitro groups is 1. The average Bonchev–Trinajstić information content (AvgIpc) is 2.86. The van der Waals surface area contributed by atoms with Crippen LogP contribution >= 0.6 is 0 Å². The molecule has 78 valence electrons. The van der Waals surface area contributed by atoms with Gasteiger partial charge in [-0.1, -0.05) is 4.98 Å². The molecule has 2 rings (SSSR count). The van der Waals surface area contributed by atoms with Crippen LogP contribution in [0.2, 0.25) is 0 Å². The Hall–Kier alpha value is -2.22. The molecule has 2 heterocycles. The van der Waals surface area contributed by atoms with E-state index >= 15 is 0 Å². The molecule has 0 saturated heterocycles. The molecule has 0 atom stereocenters. The zero-order valence-corrected chi connectivity index (χ0v) is 7.53. The molecule has 8 heteroatoms. The zero-order valence-electron chi connectivity index (χ0n) is 7.53. The van der Waals surface area contributed by atoms with Crippen molar-refractivity contribution < 1.29 is 9.34 Å². The molecule has 0 bridgehead atoms. The molecule has 0 amide bonds. The SMILES string of the molecule is NCc1ccc(-n2cnc([N+](=O)[O-])n2)o1. The van der Waals surface area contributed by atoms with Crippen LogP contribution in [-0.4, -0.2) is 19.7 Å². The van der Waals surface area contributed by atoms with Crippen molar-refractivity contribution in [2.45, 2.75) is 6.54 Å². The van der Waals surface area contributed by atoms with Crippen LogP contribution in [0.15, 0.2) is 22.9 Å². The fraction of sp³-hybridized carbons (Fsp3) is 0.143. The molecule has 8 nitrogen and oxygen atoms in total. The Bertz CT molecular complexity index is 488. The Morgan fingerprint density at radius 1 is 1.60 bits per heavy atom. The van der Waals surface area contributed by atoms with Crippen molar-refractivity contribution in [3.05, 3.63) is 34.3 Å². The quantitative estimate of drug-likeness (QED) is 0.571. The molecule has 0 spiro atoms. The van der Waals surface area contributed by atoms with Crippen LogP contribution in [0.4, 0.5) is 5.95 Å². The lowest BCUT2D eigenvalue weighted by Gasteiger charge is -1.89. The van der Waals surface area contributed by atoms with E-state index in [4.69, 9.17) is 10.2 Å². The maximum atomic E-state index is 10.3. The molecular formula is C7H7N5O3. The summed E-state index contributed by atoms with van der Waals surface area (Å²) in [5.41, 5.74) is 5.35. The Morgan fingerprint density at radius 2 is 2.40 bits per heavy atom. The maximum absolute atomic E-state index is 10.3. The maximum Gasteiger partial charge on any atom is 0.491 e. The van der Waals surface area contributed by atoms with Gasteiger partial charge < -0.3 is 20.3 Å². The highest BCUT2D eigenvalue weighted by molar-refractivity contribution is 5.20. The van der Waals surface area contributed by atoms with Gasteiger partial charge in [0.15, 0.2) is 0 Å². The highest BCUT2D eigenvalue weighted by Gasteiger charge is 2.16. The third-order valence-electron chi connectivity index (χ3n) is 1.72. The highest BCUT2D eigenvalue weighted by atomic mass is 16.6. The second kappa shape index (κ2) is 3.50. The van der Waals surface area contributed by atoms with Crippen molar-refractivity contribution in [1.82, 2.24) is 14.8 Å². The van der Waals surface area contributed by atoms with Crippen molar-refractivity contribution in [2.24, 2.45) is 5.73 Å². The largest absolute Gasteiger partial charge is 0.491 e. The molecule has 2 N–H and O–H groups in total. The van der Waals surface area contributed by atoms with Gasteiger partial charge in [0.2, 0.25) is 12.2 Å². The van der Waals surface area contributed by atoms with Gasteiger partial charge in [0, 0.05) is 11.2 Å². The van der Waals surface area contributed by atoms with Gasteiger partial charge in [-0.05, 0) is 11.0 Å². The lowest BCUT2D eigenvalue weighted by molar-refractivity contribution is -0.394. The summed E-state index contributed by atoms with van der Waals surface area (Å²) < 4.78 is 6.40. The molecule has 0 fully saturated rings. The summed E-state index contributed by atoms with van der Waals surface area (Å²) in [6.07, 6.45) is 1.21.